The summed E-state index contributed by atoms with van der Waals surface area (Å²) in [5.41, 5.74) is 1.01. The molecule has 0 atom stereocenters. The highest BCUT2D eigenvalue weighted by molar-refractivity contribution is 6.32. The highest BCUT2D eigenvalue weighted by atomic mass is 35.5. The number of H-pyrrole nitrogens is 1. The molecule has 0 saturated carbocycles. The van der Waals surface area contributed by atoms with E-state index < -0.39 is 5.97 Å². The standard InChI is InChI=1S/C15H8ClN3O3/c16-7-1-2-8-9(5-7)12-13(10(8)6-11(20)21)19-4-3-17-14(19)15(22)18-12/h1-6H,(H,18,22)(H,20,21). The van der Waals surface area contributed by atoms with Crippen LogP contribution in [0, 0.1) is 0 Å². The van der Waals surface area contributed by atoms with Crippen LogP contribution in [-0.4, -0.2) is 25.4 Å². The number of benzene rings is 1. The highest BCUT2D eigenvalue weighted by Gasteiger charge is 2.14. The number of rotatable bonds is 1. The van der Waals surface area contributed by atoms with Crippen LogP contribution in [0.3, 0.4) is 0 Å². The van der Waals surface area contributed by atoms with Crippen LogP contribution in [-0.2, 0) is 4.79 Å². The third-order valence-corrected chi connectivity index (χ3v) is 3.86. The number of hydrogen-bond acceptors (Lipinski definition) is 3. The predicted octanol–water partition coefficient (Wildman–Crippen LogP) is 1.57. The first-order chi connectivity index (χ1) is 10.6. The summed E-state index contributed by atoms with van der Waals surface area (Å²) in [6.45, 7) is 0. The lowest BCUT2D eigenvalue weighted by atomic mass is 10.2. The molecule has 4 aromatic rings. The summed E-state index contributed by atoms with van der Waals surface area (Å²) in [6, 6.07) is 5.13. The van der Waals surface area contributed by atoms with Crippen molar-refractivity contribution in [2.24, 2.45) is 0 Å². The number of halogens is 1. The first-order valence-corrected chi connectivity index (χ1v) is 6.78. The van der Waals surface area contributed by atoms with Gasteiger partial charge < -0.3 is 10.1 Å². The van der Waals surface area contributed by atoms with Gasteiger partial charge in [-0.25, -0.2) is 9.78 Å². The Morgan fingerprint density at radius 1 is 1.36 bits per heavy atom. The highest BCUT2D eigenvalue weighted by Crippen LogP contribution is 2.25. The lowest BCUT2D eigenvalue weighted by Crippen LogP contribution is -2.13. The van der Waals surface area contributed by atoms with Gasteiger partial charge in [-0.2, -0.15) is 0 Å². The summed E-state index contributed by atoms with van der Waals surface area (Å²) in [7, 11) is 0. The zero-order valence-corrected chi connectivity index (χ0v) is 11.8. The molecule has 2 heterocycles. The SMILES string of the molecule is O=C(O)C=c1c2ccc(Cl)cc2c2[nH]c(=O)c3nccn3c12. The number of aliphatic carboxylic acids is 1. The fourth-order valence-electron chi connectivity index (χ4n) is 2.82. The molecule has 0 unspecified atom stereocenters. The number of nitrogens with zero attached hydrogens (tertiary/aromatic N) is 2. The number of fused-ring (bicyclic) bond motifs is 5. The summed E-state index contributed by atoms with van der Waals surface area (Å²) < 4.78 is 1.59. The van der Waals surface area contributed by atoms with E-state index in [9.17, 15) is 9.59 Å². The van der Waals surface area contributed by atoms with Crippen LogP contribution in [0.5, 0.6) is 0 Å². The minimum atomic E-state index is -1.07. The molecule has 2 aromatic heterocycles. The van der Waals surface area contributed by atoms with E-state index in [-0.39, 0.29) is 11.2 Å². The third-order valence-electron chi connectivity index (χ3n) is 3.62. The summed E-state index contributed by atoms with van der Waals surface area (Å²) in [5.74, 6) is -1.07. The van der Waals surface area contributed by atoms with Gasteiger partial charge in [0.1, 0.15) is 0 Å². The molecular formula is C15H8ClN3O3. The first kappa shape index (κ1) is 12.8. The average Bonchev–Trinajstić information content (AvgIpc) is 3.03. The van der Waals surface area contributed by atoms with Crippen LogP contribution in [0.25, 0.3) is 33.5 Å². The molecule has 6 nitrogen and oxygen atoms in total. The fourth-order valence-corrected chi connectivity index (χ4v) is 2.99. The van der Waals surface area contributed by atoms with Crippen molar-refractivity contribution in [3.63, 3.8) is 0 Å². The number of carbonyl (C=O) groups is 1. The maximum absolute atomic E-state index is 12.1. The lowest BCUT2D eigenvalue weighted by molar-refractivity contribution is -0.129. The van der Waals surface area contributed by atoms with E-state index in [0.717, 1.165) is 6.08 Å². The van der Waals surface area contributed by atoms with Crippen molar-refractivity contribution >= 4 is 51.1 Å². The van der Waals surface area contributed by atoms with E-state index in [1.165, 1.54) is 6.20 Å². The Balaban J connectivity index is 2.44. The van der Waals surface area contributed by atoms with Crippen LogP contribution in [0.15, 0.2) is 35.4 Å². The normalized spacial score (nSPS) is 12.7. The molecule has 0 aliphatic carbocycles. The Labute approximate surface area is 127 Å². The predicted molar refractivity (Wildman–Crippen MR) is 83.2 cm³/mol. The van der Waals surface area contributed by atoms with Crippen molar-refractivity contribution in [3.8, 4) is 0 Å². The number of hydrogen-bond donors (Lipinski definition) is 2. The maximum Gasteiger partial charge on any atom is 0.329 e. The molecule has 0 spiro atoms. The monoisotopic (exact) mass is 313 g/mol. The van der Waals surface area contributed by atoms with Gasteiger partial charge in [-0.15, -0.1) is 0 Å². The minimum Gasteiger partial charge on any atom is -0.478 e. The smallest absolute Gasteiger partial charge is 0.329 e. The van der Waals surface area contributed by atoms with Crippen LogP contribution in [0.1, 0.15) is 0 Å². The van der Waals surface area contributed by atoms with Gasteiger partial charge in [-0.3, -0.25) is 9.20 Å². The van der Waals surface area contributed by atoms with Gasteiger partial charge in [0.15, 0.2) is 0 Å². The van der Waals surface area contributed by atoms with Gasteiger partial charge in [-0.05, 0) is 17.5 Å². The van der Waals surface area contributed by atoms with E-state index in [4.69, 9.17) is 16.7 Å². The van der Waals surface area contributed by atoms with Crippen LogP contribution >= 0.6 is 11.6 Å². The second-order valence-electron chi connectivity index (χ2n) is 4.88. The maximum atomic E-state index is 12.1. The van der Waals surface area contributed by atoms with E-state index in [0.29, 0.717) is 32.0 Å². The molecule has 4 rings (SSSR count). The van der Waals surface area contributed by atoms with Crippen LogP contribution in [0.4, 0.5) is 0 Å². The van der Waals surface area contributed by atoms with Crippen molar-refractivity contribution in [1.82, 2.24) is 14.4 Å². The minimum absolute atomic E-state index is 0.217. The molecule has 108 valence electrons. The largest absolute Gasteiger partial charge is 0.478 e. The second kappa shape index (κ2) is 4.32. The number of carboxylic acids is 1. The summed E-state index contributed by atoms with van der Waals surface area (Å²) >= 11 is 6.03. The van der Waals surface area contributed by atoms with Gasteiger partial charge >= 0.3 is 5.97 Å². The number of aromatic amines is 1. The molecule has 0 saturated heterocycles. The van der Waals surface area contributed by atoms with Gasteiger partial charge in [0.2, 0.25) is 5.65 Å². The van der Waals surface area contributed by atoms with Crippen LogP contribution in [0.2, 0.25) is 5.02 Å². The molecule has 0 fully saturated rings. The van der Waals surface area contributed by atoms with E-state index >= 15 is 0 Å². The van der Waals surface area contributed by atoms with E-state index in [2.05, 4.69) is 9.97 Å². The summed E-state index contributed by atoms with van der Waals surface area (Å²) in [5, 5.41) is 11.6. The Kier molecular flexibility index (Phi) is 2.52. The molecule has 7 heteroatoms. The molecule has 0 aliphatic rings. The molecule has 2 N–H and O–H groups in total. The van der Waals surface area contributed by atoms with Crippen molar-refractivity contribution < 1.29 is 9.90 Å². The second-order valence-corrected chi connectivity index (χ2v) is 5.32. The van der Waals surface area contributed by atoms with E-state index in [1.807, 2.05) is 0 Å². The lowest BCUT2D eigenvalue weighted by Gasteiger charge is -1.97. The zero-order chi connectivity index (χ0) is 15.4. The number of aromatic nitrogens is 3. The zero-order valence-electron chi connectivity index (χ0n) is 11.0. The topological polar surface area (TPSA) is 87.5 Å². The van der Waals surface area contributed by atoms with Gasteiger partial charge in [0, 0.05) is 34.1 Å². The van der Waals surface area contributed by atoms with Crippen molar-refractivity contribution in [2.75, 3.05) is 0 Å². The first-order valence-electron chi connectivity index (χ1n) is 6.41. The number of carboxylic acid groups (broad SMARTS) is 1. The average molecular weight is 314 g/mol. The number of imidazole rings is 1. The molecule has 0 radical (unpaired) electrons. The fraction of sp³-hybridized carbons (Fsp3) is 0. The Bertz CT molecular complexity index is 1190. The van der Waals surface area contributed by atoms with Crippen LogP contribution < -0.4 is 10.8 Å². The van der Waals surface area contributed by atoms with Crippen molar-refractivity contribution in [2.45, 2.75) is 0 Å². The molecule has 0 bridgehead atoms. The third kappa shape index (κ3) is 1.64. The molecule has 0 aliphatic heterocycles. The van der Waals surface area contributed by atoms with Gasteiger partial charge in [-0.1, -0.05) is 17.7 Å². The van der Waals surface area contributed by atoms with E-state index in [1.54, 1.807) is 28.8 Å². The quantitative estimate of drug-likeness (QED) is 0.558. The number of nitrogens with one attached hydrogen (secondary N) is 1. The molecular weight excluding hydrogens is 306 g/mol. The summed E-state index contributed by atoms with van der Waals surface area (Å²) in [6.07, 6.45) is 4.25. The molecule has 0 amide bonds. The Morgan fingerprint density at radius 2 is 2.18 bits per heavy atom. The van der Waals surface area contributed by atoms with Gasteiger partial charge in [0.25, 0.3) is 5.56 Å². The van der Waals surface area contributed by atoms with Crippen molar-refractivity contribution in [1.29, 1.82) is 0 Å². The van der Waals surface area contributed by atoms with Gasteiger partial charge in [0.05, 0.1) is 11.0 Å². The Morgan fingerprint density at radius 3 is 2.95 bits per heavy atom. The molecule has 2 aromatic carbocycles. The summed E-state index contributed by atoms with van der Waals surface area (Å²) in [4.78, 5) is 30.1. The van der Waals surface area contributed by atoms with Crippen molar-refractivity contribution in [3.05, 3.63) is 51.2 Å². The molecule has 22 heavy (non-hydrogen) atoms. The Hall–Kier alpha value is -2.86.